The molecule has 0 bridgehead atoms. The molecule has 0 saturated heterocycles. The van der Waals surface area contributed by atoms with Gasteiger partial charge in [-0.1, -0.05) is 37.3 Å². The fourth-order valence-corrected chi connectivity index (χ4v) is 3.22. The van der Waals surface area contributed by atoms with Crippen molar-refractivity contribution < 1.29 is 4.79 Å². The molecular weight excluding hydrogens is 376 g/mol. The molecule has 1 amide bonds. The molecule has 1 atom stereocenters. The summed E-state index contributed by atoms with van der Waals surface area (Å²) in [5.41, 5.74) is 2.63. The lowest BCUT2D eigenvalue weighted by Crippen LogP contribution is -2.20. The van der Waals surface area contributed by atoms with Crippen LogP contribution < -0.4 is 10.6 Å². The van der Waals surface area contributed by atoms with Crippen LogP contribution in [0.3, 0.4) is 0 Å². The van der Waals surface area contributed by atoms with Crippen LogP contribution in [0.5, 0.6) is 0 Å². The predicted molar refractivity (Wildman–Crippen MR) is 117 cm³/mol. The summed E-state index contributed by atoms with van der Waals surface area (Å²) in [6, 6.07) is 21.0. The summed E-state index contributed by atoms with van der Waals surface area (Å²) in [6.07, 6.45) is 5.75. The van der Waals surface area contributed by atoms with Gasteiger partial charge in [0.1, 0.15) is 12.1 Å². The number of anilines is 3. The third kappa shape index (κ3) is 4.52. The Bertz CT molecular complexity index is 1090. The van der Waals surface area contributed by atoms with Crippen LogP contribution in [0.2, 0.25) is 0 Å². The van der Waals surface area contributed by atoms with Gasteiger partial charge in [-0.15, -0.1) is 0 Å². The zero-order valence-electron chi connectivity index (χ0n) is 16.6. The van der Waals surface area contributed by atoms with E-state index in [1.807, 2.05) is 79.9 Å². The standard InChI is InChI=1S/C23H22N6O/c1-2-20(17-7-4-3-5-8-17)23(30)28-19-11-9-18(10-12-19)27-21-15-22(25-16-24-21)29-14-6-13-26-29/h3-16,20H,2H2,1H3,(H,28,30)(H,24,25,27)/t20-/m1/s1. The van der Waals surface area contributed by atoms with E-state index in [1.165, 1.54) is 6.33 Å². The average molecular weight is 398 g/mol. The Morgan fingerprint density at radius 1 is 1.00 bits per heavy atom. The Morgan fingerprint density at radius 2 is 1.77 bits per heavy atom. The van der Waals surface area contributed by atoms with Crippen molar-refractivity contribution in [1.82, 2.24) is 19.7 Å². The fourth-order valence-electron chi connectivity index (χ4n) is 3.22. The van der Waals surface area contributed by atoms with E-state index in [-0.39, 0.29) is 11.8 Å². The lowest BCUT2D eigenvalue weighted by molar-refractivity contribution is -0.117. The van der Waals surface area contributed by atoms with Crippen molar-refractivity contribution in [3.05, 3.63) is 91.0 Å². The number of amides is 1. The third-order valence-electron chi connectivity index (χ3n) is 4.74. The number of hydrogen-bond acceptors (Lipinski definition) is 5. The van der Waals surface area contributed by atoms with Gasteiger partial charge in [0.25, 0.3) is 0 Å². The van der Waals surface area contributed by atoms with E-state index in [0.29, 0.717) is 11.6 Å². The molecule has 7 heteroatoms. The molecule has 0 radical (unpaired) electrons. The summed E-state index contributed by atoms with van der Waals surface area (Å²) in [7, 11) is 0. The number of aromatic nitrogens is 4. The Morgan fingerprint density at radius 3 is 2.47 bits per heavy atom. The molecule has 2 aromatic carbocycles. The van der Waals surface area contributed by atoms with Gasteiger partial charge in [0.15, 0.2) is 5.82 Å². The predicted octanol–water partition coefficient (Wildman–Crippen LogP) is 4.54. The molecule has 2 N–H and O–H groups in total. The summed E-state index contributed by atoms with van der Waals surface area (Å²) >= 11 is 0. The van der Waals surface area contributed by atoms with Crippen molar-refractivity contribution in [1.29, 1.82) is 0 Å². The second-order valence-electron chi connectivity index (χ2n) is 6.78. The van der Waals surface area contributed by atoms with Crippen LogP contribution in [0.15, 0.2) is 85.5 Å². The molecule has 150 valence electrons. The van der Waals surface area contributed by atoms with Crippen LogP contribution >= 0.6 is 0 Å². The Balaban J connectivity index is 1.42. The summed E-state index contributed by atoms with van der Waals surface area (Å²) in [4.78, 5) is 21.2. The van der Waals surface area contributed by atoms with Crippen molar-refractivity contribution in [2.45, 2.75) is 19.3 Å². The van der Waals surface area contributed by atoms with Gasteiger partial charge in [-0.05, 0) is 42.3 Å². The van der Waals surface area contributed by atoms with E-state index in [2.05, 4.69) is 25.7 Å². The maximum absolute atomic E-state index is 12.7. The number of carbonyl (C=O) groups is 1. The van der Waals surface area contributed by atoms with Crippen molar-refractivity contribution in [2.24, 2.45) is 0 Å². The minimum Gasteiger partial charge on any atom is -0.340 e. The van der Waals surface area contributed by atoms with Crippen molar-refractivity contribution in [2.75, 3.05) is 10.6 Å². The fraction of sp³-hybridized carbons (Fsp3) is 0.130. The van der Waals surface area contributed by atoms with Gasteiger partial charge >= 0.3 is 0 Å². The van der Waals surface area contributed by atoms with Gasteiger partial charge in [-0.3, -0.25) is 4.79 Å². The van der Waals surface area contributed by atoms with Gasteiger partial charge in [0.05, 0.1) is 5.92 Å². The lowest BCUT2D eigenvalue weighted by atomic mass is 9.95. The second-order valence-corrected chi connectivity index (χ2v) is 6.78. The molecule has 30 heavy (non-hydrogen) atoms. The maximum Gasteiger partial charge on any atom is 0.231 e. The molecule has 0 aliphatic rings. The summed E-state index contributed by atoms with van der Waals surface area (Å²) < 4.78 is 1.67. The summed E-state index contributed by atoms with van der Waals surface area (Å²) in [5, 5.41) is 10.4. The first-order chi connectivity index (χ1) is 14.7. The first-order valence-corrected chi connectivity index (χ1v) is 9.78. The van der Waals surface area contributed by atoms with E-state index in [0.717, 1.165) is 23.4 Å². The van der Waals surface area contributed by atoms with E-state index in [4.69, 9.17) is 0 Å². The van der Waals surface area contributed by atoms with E-state index >= 15 is 0 Å². The zero-order chi connectivity index (χ0) is 20.8. The SMILES string of the molecule is CC[C@@H](C(=O)Nc1ccc(Nc2cc(-n3cccn3)ncn2)cc1)c1ccccc1. The molecule has 7 nitrogen and oxygen atoms in total. The van der Waals surface area contributed by atoms with Crippen LogP contribution in [0.1, 0.15) is 24.8 Å². The maximum atomic E-state index is 12.7. The van der Waals surface area contributed by atoms with E-state index in [1.54, 1.807) is 10.9 Å². The Kier molecular flexibility index (Phi) is 5.80. The second kappa shape index (κ2) is 9.00. The van der Waals surface area contributed by atoms with E-state index < -0.39 is 0 Å². The molecule has 0 aliphatic carbocycles. The minimum absolute atomic E-state index is 0.0101. The number of nitrogens with one attached hydrogen (secondary N) is 2. The molecule has 4 aromatic rings. The monoisotopic (exact) mass is 398 g/mol. The topological polar surface area (TPSA) is 84.7 Å². The van der Waals surface area contributed by atoms with Crippen molar-refractivity contribution in [3.8, 4) is 5.82 Å². The molecular formula is C23H22N6O. The van der Waals surface area contributed by atoms with Crippen LogP contribution in [-0.4, -0.2) is 25.7 Å². The normalized spacial score (nSPS) is 11.6. The zero-order valence-corrected chi connectivity index (χ0v) is 16.6. The number of rotatable bonds is 7. The van der Waals surface area contributed by atoms with Crippen LogP contribution in [0.25, 0.3) is 5.82 Å². The van der Waals surface area contributed by atoms with E-state index in [9.17, 15) is 4.79 Å². The third-order valence-corrected chi connectivity index (χ3v) is 4.74. The highest BCUT2D eigenvalue weighted by Gasteiger charge is 2.18. The van der Waals surface area contributed by atoms with Gasteiger partial charge in [-0.25, -0.2) is 14.6 Å². The number of benzene rings is 2. The summed E-state index contributed by atoms with van der Waals surface area (Å²) in [5.74, 6) is 1.14. The molecule has 2 heterocycles. The molecule has 2 aromatic heterocycles. The summed E-state index contributed by atoms with van der Waals surface area (Å²) in [6.45, 7) is 2.02. The molecule has 0 fully saturated rings. The van der Waals surface area contributed by atoms with Gasteiger partial charge in [0, 0.05) is 29.8 Å². The highest BCUT2D eigenvalue weighted by atomic mass is 16.1. The largest absolute Gasteiger partial charge is 0.340 e. The van der Waals surface area contributed by atoms with Crippen LogP contribution in [0, 0.1) is 0 Å². The first-order valence-electron chi connectivity index (χ1n) is 9.78. The lowest BCUT2D eigenvalue weighted by Gasteiger charge is -2.15. The first kappa shape index (κ1) is 19.3. The molecule has 4 rings (SSSR count). The highest BCUT2D eigenvalue weighted by Crippen LogP contribution is 2.23. The number of nitrogens with zero attached hydrogens (tertiary/aromatic N) is 4. The van der Waals surface area contributed by atoms with Gasteiger partial charge in [-0.2, -0.15) is 5.10 Å². The molecule has 0 spiro atoms. The quantitative estimate of drug-likeness (QED) is 0.477. The van der Waals surface area contributed by atoms with Gasteiger partial charge in [0.2, 0.25) is 5.91 Å². The minimum atomic E-state index is -0.175. The Hall–Kier alpha value is -4.00. The molecule has 0 aliphatic heterocycles. The number of hydrogen-bond donors (Lipinski definition) is 2. The smallest absolute Gasteiger partial charge is 0.231 e. The van der Waals surface area contributed by atoms with Crippen LogP contribution in [-0.2, 0) is 4.79 Å². The Labute approximate surface area is 174 Å². The number of carbonyl (C=O) groups excluding carboxylic acids is 1. The average Bonchev–Trinajstić information content (AvgIpc) is 3.32. The molecule has 0 saturated carbocycles. The van der Waals surface area contributed by atoms with Gasteiger partial charge < -0.3 is 10.6 Å². The van der Waals surface area contributed by atoms with Crippen LogP contribution in [0.4, 0.5) is 17.2 Å². The highest BCUT2D eigenvalue weighted by molar-refractivity contribution is 5.96. The van der Waals surface area contributed by atoms with Crippen molar-refractivity contribution >= 4 is 23.1 Å². The molecule has 0 unspecified atom stereocenters. The van der Waals surface area contributed by atoms with Crippen molar-refractivity contribution in [3.63, 3.8) is 0 Å².